The van der Waals surface area contributed by atoms with E-state index in [1.165, 1.54) is 6.20 Å². The Labute approximate surface area is 159 Å². The fraction of sp³-hybridized carbons (Fsp3) is 0.684. The molecule has 0 unspecified atom stereocenters. The fourth-order valence-corrected chi connectivity index (χ4v) is 4.21. The van der Waals surface area contributed by atoms with Crippen molar-refractivity contribution in [3.63, 3.8) is 0 Å². The number of amides is 1. The van der Waals surface area contributed by atoms with E-state index >= 15 is 0 Å². The summed E-state index contributed by atoms with van der Waals surface area (Å²) in [7, 11) is 3.66. The third-order valence-corrected chi connectivity index (χ3v) is 5.70. The Morgan fingerprint density at radius 1 is 1.44 bits per heavy atom. The van der Waals surface area contributed by atoms with Gasteiger partial charge in [-0.2, -0.15) is 0 Å². The molecule has 1 aromatic heterocycles. The van der Waals surface area contributed by atoms with E-state index in [-0.39, 0.29) is 18.3 Å². The summed E-state index contributed by atoms with van der Waals surface area (Å²) in [4.78, 5) is 19.8. The van der Waals surface area contributed by atoms with E-state index in [0.29, 0.717) is 44.6 Å². The second kappa shape index (κ2) is 7.69. The minimum absolute atomic E-state index is 0.116. The summed E-state index contributed by atoms with van der Waals surface area (Å²) in [6, 6.07) is 1.66. The molecule has 1 spiro atoms. The number of anilines is 1. The molecule has 1 amide bonds. The summed E-state index contributed by atoms with van der Waals surface area (Å²) < 4.78 is 20.1. The van der Waals surface area contributed by atoms with Gasteiger partial charge in [0.15, 0.2) is 5.82 Å². The highest BCUT2D eigenvalue weighted by Gasteiger charge is 2.53. The van der Waals surface area contributed by atoms with E-state index in [1.807, 2.05) is 25.9 Å². The lowest BCUT2D eigenvalue weighted by Gasteiger charge is -2.53. The molecule has 150 valence electrons. The lowest BCUT2D eigenvalue weighted by atomic mass is 9.73. The molecule has 0 aromatic carbocycles. The molecule has 2 fully saturated rings. The van der Waals surface area contributed by atoms with Gasteiger partial charge in [0.05, 0.1) is 29.6 Å². The predicted octanol–water partition coefficient (Wildman–Crippen LogP) is 0.777. The van der Waals surface area contributed by atoms with Crippen molar-refractivity contribution in [2.75, 3.05) is 45.2 Å². The third kappa shape index (κ3) is 4.07. The van der Waals surface area contributed by atoms with Crippen LogP contribution in [0.2, 0.25) is 0 Å². The van der Waals surface area contributed by atoms with Gasteiger partial charge in [-0.05, 0) is 46.3 Å². The van der Waals surface area contributed by atoms with Crippen LogP contribution in [0, 0.1) is 5.82 Å². The van der Waals surface area contributed by atoms with E-state index in [9.17, 15) is 14.3 Å². The second-order valence-electron chi connectivity index (χ2n) is 8.08. The van der Waals surface area contributed by atoms with E-state index in [2.05, 4.69) is 10.3 Å². The van der Waals surface area contributed by atoms with Crippen molar-refractivity contribution < 1.29 is 19.0 Å². The van der Waals surface area contributed by atoms with Gasteiger partial charge < -0.3 is 25.0 Å². The summed E-state index contributed by atoms with van der Waals surface area (Å²) in [5.74, 6) is -0.464. The van der Waals surface area contributed by atoms with Crippen LogP contribution in [-0.2, 0) is 9.53 Å². The Morgan fingerprint density at radius 3 is 2.78 bits per heavy atom. The number of carbonyl (C=O) groups is 1. The number of piperidine rings is 1. The molecule has 1 aromatic rings. The maximum absolute atomic E-state index is 14.0. The minimum atomic E-state index is -0.825. The number of halogens is 1. The lowest BCUT2D eigenvalue weighted by Crippen LogP contribution is -2.69. The zero-order valence-electron chi connectivity index (χ0n) is 16.2. The van der Waals surface area contributed by atoms with Gasteiger partial charge in [0, 0.05) is 25.9 Å². The summed E-state index contributed by atoms with van der Waals surface area (Å²) in [5.41, 5.74) is -0.944. The topological polar surface area (TPSA) is 77.9 Å². The summed E-state index contributed by atoms with van der Waals surface area (Å²) in [6.07, 6.45) is 3.64. The Bertz CT molecular complexity index is 679. The number of aliphatic hydroxyl groups is 1. The van der Waals surface area contributed by atoms with Gasteiger partial charge in [-0.25, -0.2) is 4.39 Å². The number of hydrogen-bond acceptors (Lipinski definition) is 6. The zero-order chi connectivity index (χ0) is 19.7. The monoisotopic (exact) mass is 380 g/mol. The third-order valence-electron chi connectivity index (χ3n) is 5.70. The van der Waals surface area contributed by atoms with Crippen LogP contribution in [0.3, 0.4) is 0 Å². The van der Waals surface area contributed by atoms with Crippen LogP contribution >= 0.6 is 0 Å². The first-order chi connectivity index (χ1) is 12.8. The van der Waals surface area contributed by atoms with Crippen molar-refractivity contribution in [1.82, 2.24) is 15.2 Å². The first kappa shape index (κ1) is 20.0. The van der Waals surface area contributed by atoms with Gasteiger partial charge in [-0.3, -0.25) is 9.78 Å². The van der Waals surface area contributed by atoms with Gasteiger partial charge in [0.25, 0.3) is 0 Å². The summed E-state index contributed by atoms with van der Waals surface area (Å²) in [5, 5.41) is 14.1. The van der Waals surface area contributed by atoms with Crippen molar-refractivity contribution in [3.05, 3.63) is 24.3 Å². The highest BCUT2D eigenvalue weighted by molar-refractivity contribution is 5.79. The fourth-order valence-electron chi connectivity index (χ4n) is 4.21. The van der Waals surface area contributed by atoms with Crippen molar-refractivity contribution in [2.24, 2.45) is 0 Å². The number of rotatable bonds is 4. The molecular formula is C19H29FN4O3. The average molecular weight is 380 g/mol. The Morgan fingerprint density at radius 2 is 2.15 bits per heavy atom. The van der Waals surface area contributed by atoms with Crippen LogP contribution in [0.4, 0.5) is 10.1 Å². The maximum atomic E-state index is 14.0. The Kier molecular flexibility index (Phi) is 5.69. The molecule has 0 saturated carbocycles. The quantitative estimate of drug-likeness (QED) is 0.804. The van der Waals surface area contributed by atoms with Crippen molar-refractivity contribution in [2.45, 2.75) is 43.4 Å². The van der Waals surface area contributed by atoms with Crippen LogP contribution in [0.5, 0.6) is 0 Å². The number of carbonyl (C=O) groups excluding carboxylic acids is 1. The molecule has 0 radical (unpaired) electrons. The Balaban J connectivity index is 1.70. The molecule has 2 atom stereocenters. The molecule has 2 aliphatic rings. The van der Waals surface area contributed by atoms with Crippen LogP contribution in [-0.4, -0.2) is 78.5 Å². The minimum Gasteiger partial charge on any atom is -0.388 e. The summed E-state index contributed by atoms with van der Waals surface area (Å²) >= 11 is 0. The van der Waals surface area contributed by atoms with Crippen molar-refractivity contribution >= 4 is 11.6 Å². The largest absolute Gasteiger partial charge is 0.388 e. The molecule has 3 heterocycles. The van der Waals surface area contributed by atoms with Crippen LogP contribution < -0.4 is 10.2 Å². The lowest BCUT2D eigenvalue weighted by molar-refractivity contribution is -0.198. The molecule has 8 heteroatoms. The highest BCUT2D eigenvalue weighted by Crippen LogP contribution is 2.40. The molecule has 2 aliphatic heterocycles. The van der Waals surface area contributed by atoms with Crippen LogP contribution in [0.15, 0.2) is 18.5 Å². The first-order valence-corrected chi connectivity index (χ1v) is 9.38. The Hall–Kier alpha value is -1.77. The van der Waals surface area contributed by atoms with Crippen molar-refractivity contribution in [1.29, 1.82) is 0 Å². The van der Waals surface area contributed by atoms with Gasteiger partial charge in [-0.1, -0.05) is 0 Å². The average Bonchev–Trinajstić information content (AvgIpc) is 2.60. The van der Waals surface area contributed by atoms with E-state index in [0.717, 1.165) is 0 Å². The second-order valence-corrected chi connectivity index (χ2v) is 8.08. The molecule has 27 heavy (non-hydrogen) atoms. The van der Waals surface area contributed by atoms with Crippen LogP contribution in [0.25, 0.3) is 0 Å². The first-order valence-electron chi connectivity index (χ1n) is 9.38. The SMILES string of the molecule is CN(C)CC(=O)N[C@@]1(C)CCOC2(CCN(c3ccncc3F)CC2)[C@@H]1O. The number of ether oxygens (including phenoxy) is 1. The number of pyridine rings is 1. The molecule has 2 saturated heterocycles. The van der Waals surface area contributed by atoms with Gasteiger partial charge >= 0.3 is 0 Å². The van der Waals surface area contributed by atoms with E-state index in [1.54, 1.807) is 17.2 Å². The number of hydrogen-bond donors (Lipinski definition) is 2. The standard InChI is InChI=1S/C19H29FN4O3/c1-18(22-16(25)13-23(2)3)7-11-27-19(17(18)26)5-9-24(10-6-19)15-4-8-21-12-14(15)20/h4,8,12,17,26H,5-7,9-11,13H2,1-3H3,(H,22,25)/t17-,18+/m1/s1. The highest BCUT2D eigenvalue weighted by atomic mass is 19.1. The number of aliphatic hydroxyl groups excluding tert-OH is 1. The van der Waals surface area contributed by atoms with E-state index in [4.69, 9.17) is 4.74 Å². The van der Waals surface area contributed by atoms with E-state index < -0.39 is 17.2 Å². The number of aromatic nitrogens is 1. The maximum Gasteiger partial charge on any atom is 0.234 e. The van der Waals surface area contributed by atoms with Crippen molar-refractivity contribution in [3.8, 4) is 0 Å². The van der Waals surface area contributed by atoms with Crippen LogP contribution in [0.1, 0.15) is 26.2 Å². The number of nitrogens with zero attached hydrogens (tertiary/aromatic N) is 3. The predicted molar refractivity (Wildman–Crippen MR) is 100 cm³/mol. The number of likely N-dealkylation sites (N-methyl/N-ethyl adjacent to an activating group) is 1. The molecule has 7 nitrogen and oxygen atoms in total. The van der Waals surface area contributed by atoms with Gasteiger partial charge in [0.2, 0.25) is 5.91 Å². The smallest absolute Gasteiger partial charge is 0.234 e. The molecule has 0 aliphatic carbocycles. The normalized spacial score (nSPS) is 27.8. The molecule has 2 N–H and O–H groups in total. The van der Waals surface area contributed by atoms with Gasteiger partial charge in [-0.15, -0.1) is 0 Å². The molecule has 3 rings (SSSR count). The molecule has 0 bridgehead atoms. The van der Waals surface area contributed by atoms with Gasteiger partial charge in [0.1, 0.15) is 6.10 Å². The number of nitrogens with one attached hydrogen (secondary N) is 1. The zero-order valence-corrected chi connectivity index (χ0v) is 16.2. The molecular weight excluding hydrogens is 351 g/mol. The summed E-state index contributed by atoms with van der Waals surface area (Å²) in [6.45, 7) is 3.76.